The predicted octanol–water partition coefficient (Wildman–Crippen LogP) is 5.28. The van der Waals surface area contributed by atoms with Gasteiger partial charge < -0.3 is 19.6 Å². The van der Waals surface area contributed by atoms with E-state index in [1.165, 1.54) is 0 Å². The number of fused-ring (bicyclic) bond motifs is 3. The minimum absolute atomic E-state index is 0.123. The van der Waals surface area contributed by atoms with Crippen LogP contribution in [-0.4, -0.2) is 48.5 Å². The van der Waals surface area contributed by atoms with E-state index in [1.807, 2.05) is 25.3 Å². The number of nitrogens with zero attached hydrogens (tertiary/aromatic N) is 3. The fourth-order valence-electron chi connectivity index (χ4n) is 4.87. The molecule has 2 amide bonds. The molecule has 2 aromatic heterocycles. The van der Waals surface area contributed by atoms with Crippen LogP contribution in [0.15, 0.2) is 30.5 Å². The zero-order valence-electron chi connectivity index (χ0n) is 21.3. The molecule has 3 aromatic rings. The standard InChI is InChI=1S/C27H36N4O4/c1-6-17(10-21(32)7-2)8-9-19-11-24-25-18(15-28-26(24)29-19)16-31(27(33)30(25)3)20-12-22(34-4)14-23(13-20)35-5/h11-15,17,21,32H,6-10,16H2,1-5H3,(H,28,29). The number of aromatic amines is 1. The first-order valence-electron chi connectivity index (χ1n) is 12.3. The Kier molecular flexibility index (Phi) is 7.50. The number of hydrogen-bond donors (Lipinski definition) is 2. The van der Waals surface area contributed by atoms with Gasteiger partial charge in [0, 0.05) is 48.1 Å². The molecule has 0 bridgehead atoms. The van der Waals surface area contributed by atoms with E-state index in [-0.39, 0.29) is 12.1 Å². The Bertz CT molecular complexity index is 1170. The van der Waals surface area contributed by atoms with Gasteiger partial charge >= 0.3 is 6.03 Å². The molecule has 1 aromatic carbocycles. The molecule has 8 heteroatoms. The number of ether oxygens (including phenoxy) is 2. The molecule has 0 saturated carbocycles. The van der Waals surface area contributed by atoms with E-state index in [0.717, 1.165) is 60.1 Å². The van der Waals surface area contributed by atoms with Crippen LogP contribution in [-0.2, 0) is 13.0 Å². The predicted molar refractivity (Wildman–Crippen MR) is 139 cm³/mol. The van der Waals surface area contributed by atoms with Gasteiger partial charge in [0.15, 0.2) is 0 Å². The molecule has 0 radical (unpaired) electrons. The summed E-state index contributed by atoms with van der Waals surface area (Å²) in [5, 5.41) is 11.0. The number of amides is 2. The Morgan fingerprint density at radius 1 is 1.11 bits per heavy atom. The molecule has 3 heterocycles. The summed E-state index contributed by atoms with van der Waals surface area (Å²) in [6.45, 7) is 4.61. The number of aryl methyl sites for hydroxylation is 1. The number of H-pyrrole nitrogens is 1. The Morgan fingerprint density at radius 2 is 1.83 bits per heavy atom. The summed E-state index contributed by atoms with van der Waals surface area (Å²) >= 11 is 0. The lowest BCUT2D eigenvalue weighted by atomic mass is 9.92. The summed E-state index contributed by atoms with van der Waals surface area (Å²) < 4.78 is 10.8. The number of benzene rings is 1. The Labute approximate surface area is 206 Å². The average Bonchev–Trinajstić information content (AvgIpc) is 3.30. The zero-order chi connectivity index (χ0) is 25.1. The number of nitrogens with one attached hydrogen (secondary N) is 1. The minimum Gasteiger partial charge on any atom is -0.497 e. The second kappa shape index (κ2) is 10.6. The molecule has 8 nitrogen and oxygen atoms in total. The van der Waals surface area contributed by atoms with Crippen molar-refractivity contribution in [3.8, 4) is 11.5 Å². The highest BCUT2D eigenvalue weighted by Crippen LogP contribution is 2.38. The molecule has 0 fully saturated rings. The summed E-state index contributed by atoms with van der Waals surface area (Å²) in [5.41, 5.74) is 4.47. The van der Waals surface area contributed by atoms with E-state index in [0.29, 0.717) is 29.6 Å². The molecule has 0 saturated heterocycles. The van der Waals surface area contributed by atoms with Crippen LogP contribution in [0.25, 0.3) is 11.0 Å². The number of anilines is 2. The lowest BCUT2D eigenvalue weighted by Crippen LogP contribution is -2.45. The highest BCUT2D eigenvalue weighted by atomic mass is 16.5. The van der Waals surface area contributed by atoms with E-state index in [4.69, 9.17) is 9.47 Å². The Hall–Kier alpha value is -3.26. The van der Waals surface area contributed by atoms with E-state index in [1.54, 1.807) is 37.1 Å². The third-order valence-electron chi connectivity index (χ3n) is 7.07. The van der Waals surface area contributed by atoms with Gasteiger partial charge in [-0.1, -0.05) is 20.3 Å². The summed E-state index contributed by atoms with van der Waals surface area (Å²) in [6.07, 6.45) is 6.17. The molecular formula is C27H36N4O4. The number of carbonyl (C=O) groups excluding carboxylic acids is 1. The van der Waals surface area contributed by atoms with Gasteiger partial charge in [-0.2, -0.15) is 0 Å². The first-order chi connectivity index (χ1) is 16.9. The van der Waals surface area contributed by atoms with Crippen molar-refractivity contribution in [3.05, 3.63) is 41.7 Å². The van der Waals surface area contributed by atoms with Crippen molar-refractivity contribution in [2.75, 3.05) is 31.1 Å². The van der Waals surface area contributed by atoms with Crippen molar-refractivity contribution >= 4 is 28.4 Å². The average molecular weight is 481 g/mol. The summed E-state index contributed by atoms with van der Waals surface area (Å²) in [5.74, 6) is 1.73. The number of aliphatic hydroxyl groups is 1. The molecule has 0 spiro atoms. The van der Waals surface area contributed by atoms with Crippen molar-refractivity contribution < 1.29 is 19.4 Å². The molecule has 1 aliphatic rings. The van der Waals surface area contributed by atoms with Crippen LogP contribution in [0.2, 0.25) is 0 Å². The van der Waals surface area contributed by atoms with Crippen LogP contribution in [0.4, 0.5) is 16.2 Å². The van der Waals surface area contributed by atoms with Crippen molar-refractivity contribution in [2.45, 2.75) is 58.6 Å². The lowest BCUT2D eigenvalue weighted by Gasteiger charge is -2.35. The highest BCUT2D eigenvalue weighted by Gasteiger charge is 2.31. The van der Waals surface area contributed by atoms with Crippen LogP contribution in [0.5, 0.6) is 11.5 Å². The van der Waals surface area contributed by atoms with Gasteiger partial charge in [-0.15, -0.1) is 0 Å². The van der Waals surface area contributed by atoms with E-state index in [2.05, 4.69) is 23.0 Å². The van der Waals surface area contributed by atoms with Gasteiger partial charge in [0.25, 0.3) is 0 Å². The normalized spacial score (nSPS) is 15.3. The fraction of sp³-hybridized carbons (Fsp3) is 0.481. The molecule has 35 heavy (non-hydrogen) atoms. The summed E-state index contributed by atoms with van der Waals surface area (Å²) in [6, 6.07) is 7.45. The van der Waals surface area contributed by atoms with Gasteiger partial charge in [-0.25, -0.2) is 9.78 Å². The molecule has 2 unspecified atom stereocenters. The molecule has 188 valence electrons. The third-order valence-corrected chi connectivity index (χ3v) is 7.07. The quantitative estimate of drug-likeness (QED) is 0.412. The molecule has 2 N–H and O–H groups in total. The Morgan fingerprint density at radius 3 is 2.46 bits per heavy atom. The number of methoxy groups -OCH3 is 2. The largest absolute Gasteiger partial charge is 0.497 e. The lowest BCUT2D eigenvalue weighted by molar-refractivity contribution is 0.134. The van der Waals surface area contributed by atoms with Gasteiger partial charge in [0.1, 0.15) is 17.1 Å². The number of carbonyl (C=O) groups is 1. The monoisotopic (exact) mass is 480 g/mol. The SMILES string of the molecule is CCC(O)CC(CC)CCc1cc2c3c(cnc2[nH]1)CN(c1cc(OC)cc(OC)c1)C(=O)N3C. The molecular weight excluding hydrogens is 444 g/mol. The van der Waals surface area contributed by atoms with Crippen molar-refractivity contribution in [1.29, 1.82) is 0 Å². The molecule has 2 atom stereocenters. The van der Waals surface area contributed by atoms with Gasteiger partial charge in [-0.3, -0.25) is 9.80 Å². The minimum atomic E-state index is -0.233. The second-order valence-corrected chi connectivity index (χ2v) is 9.30. The third kappa shape index (κ3) is 5.07. The number of urea groups is 1. The van der Waals surface area contributed by atoms with E-state index < -0.39 is 0 Å². The fourth-order valence-corrected chi connectivity index (χ4v) is 4.87. The smallest absolute Gasteiger partial charge is 0.329 e. The maximum Gasteiger partial charge on any atom is 0.329 e. The maximum absolute atomic E-state index is 13.4. The summed E-state index contributed by atoms with van der Waals surface area (Å²) in [4.78, 5) is 25.0. The summed E-state index contributed by atoms with van der Waals surface area (Å²) in [7, 11) is 4.99. The van der Waals surface area contributed by atoms with Crippen molar-refractivity contribution in [3.63, 3.8) is 0 Å². The van der Waals surface area contributed by atoms with Gasteiger partial charge in [-0.05, 0) is 37.7 Å². The molecule has 0 aliphatic carbocycles. The number of aliphatic hydroxyl groups excluding tert-OH is 1. The van der Waals surface area contributed by atoms with Crippen LogP contribution >= 0.6 is 0 Å². The van der Waals surface area contributed by atoms with E-state index in [9.17, 15) is 9.90 Å². The van der Waals surface area contributed by atoms with Crippen LogP contribution in [0.3, 0.4) is 0 Å². The number of hydrogen-bond acceptors (Lipinski definition) is 5. The van der Waals surface area contributed by atoms with Crippen LogP contribution in [0, 0.1) is 5.92 Å². The number of aromatic nitrogens is 2. The van der Waals surface area contributed by atoms with Crippen LogP contribution < -0.4 is 19.3 Å². The number of pyridine rings is 1. The van der Waals surface area contributed by atoms with Gasteiger partial charge in [0.05, 0.1) is 38.2 Å². The van der Waals surface area contributed by atoms with Gasteiger partial charge in [0.2, 0.25) is 0 Å². The van der Waals surface area contributed by atoms with Crippen LogP contribution in [0.1, 0.15) is 50.8 Å². The van der Waals surface area contributed by atoms with E-state index >= 15 is 0 Å². The topological polar surface area (TPSA) is 90.9 Å². The van der Waals surface area contributed by atoms with Crippen molar-refractivity contribution in [1.82, 2.24) is 9.97 Å². The zero-order valence-corrected chi connectivity index (χ0v) is 21.3. The Balaban J connectivity index is 1.60. The highest BCUT2D eigenvalue weighted by molar-refractivity contribution is 6.11. The molecule has 1 aliphatic heterocycles. The first kappa shape index (κ1) is 24.9. The number of rotatable bonds is 10. The first-order valence-corrected chi connectivity index (χ1v) is 12.3. The van der Waals surface area contributed by atoms with Crippen molar-refractivity contribution in [2.24, 2.45) is 5.92 Å². The molecule has 4 rings (SSSR count). The maximum atomic E-state index is 13.4. The second-order valence-electron chi connectivity index (χ2n) is 9.30.